The molecule has 0 N–H and O–H groups in total. The number of ether oxygens (including phenoxy) is 2. The maximum atomic E-state index is 13.9. The van der Waals surface area contributed by atoms with Gasteiger partial charge < -0.3 is 23.7 Å². The van der Waals surface area contributed by atoms with Crippen LogP contribution in [0.2, 0.25) is 0 Å². The fourth-order valence-electron chi connectivity index (χ4n) is 5.03. The predicted octanol–water partition coefficient (Wildman–Crippen LogP) is 6.32. The quantitative estimate of drug-likeness (QED) is 0.228. The number of amides is 2. The molecule has 2 amide bonds. The molecule has 0 unspecified atom stereocenters. The third kappa shape index (κ3) is 6.07. The monoisotopic (exact) mass is 558 g/mol. The smallest absolute Gasteiger partial charge is 0.258 e. The average molecular weight is 559 g/mol. The minimum absolute atomic E-state index is 0.101. The van der Waals surface area contributed by atoms with Gasteiger partial charge in [-0.15, -0.1) is 11.3 Å². The van der Waals surface area contributed by atoms with E-state index >= 15 is 0 Å². The molecule has 0 fully saturated rings. The fourth-order valence-corrected chi connectivity index (χ4v) is 5.96. The first kappa shape index (κ1) is 27.5. The van der Waals surface area contributed by atoms with Gasteiger partial charge in [-0.3, -0.25) is 9.59 Å². The van der Waals surface area contributed by atoms with E-state index < -0.39 is 0 Å². The van der Waals surface area contributed by atoms with Gasteiger partial charge in [0.1, 0.15) is 30.4 Å². The van der Waals surface area contributed by atoms with E-state index in [-0.39, 0.29) is 30.9 Å². The number of thiophene rings is 1. The third-order valence-electron chi connectivity index (χ3n) is 7.25. The molecular formula is C32H34N2O5S. The summed E-state index contributed by atoms with van der Waals surface area (Å²) in [6.45, 7) is 5.27. The zero-order chi connectivity index (χ0) is 28.1. The van der Waals surface area contributed by atoms with Gasteiger partial charge in [0.25, 0.3) is 5.91 Å². The molecule has 40 heavy (non-hydrogen) atoms. The van der Waals surface area contributed by atoms with Crippen molar-refractivity contribution >= 4 is 23.2 Å². The molecule has 0 radical (unpaired) electrons. The summed E-state index contributed by atoms with van der Waals surface area (Å²) < 4.78 is 17.2. The molecule has 3 heterocycles. The average Bonchev–Trinajstić information content (AvgIpc) is 3.67. The Labute approximate surface area is 238 Å². The summed E-state index contributed by atoms with van der Waals surface area (Å²) in [7, 11) is 1.53. The molecule has 1 aliphatic heterocycles. The highest BCUT2D eigenvalue weighted by Gasteiger charge is 2.34. The second-order valence-electron chi connectivity index (χ2n) is 10.1. The molecule has 2 aromatic carbocycles. The maximum Gasteiger partial charge on any atom is 0.258 e. The Morgan fingerprint density at radius 3 is 2.60 bits per heavy atom. The van der Waals surface area contributed by atoms with Crippen molar-refractivity contribution in [2.24, 2.45) is 0 Å². The van der Waals surface area contributed by atoms with Gasteiger partial charge in [0.15, 0.2) is 0 Å². The summed E-state index contributed by atoms with van der Waals surface area (Å²) in [5.74, 6) is 1.82. The van der Waals surface area contributed by atoms with Gasteiger partial charge in [-0.25, -0.2) is 0 Å². The normalized spacial score (nSPS) is 14.6. The van der Waals surface area contributed by atoms with E-state index in [0.29, 0.717) is 36.1 Å². The first-order valence-electron chi connectivity index (χ1n) is 13.5. The number of fused-ring (bicyclic) bond motifs is 1. The van der Waals surface area contributed by atoms with Crippen molar-refractivity contribution in [3.63, 3.8) is 0 Å². The Morgan fingerprint density at radius 1 is 1.07 bits per heavy atom. The summed E-state index contributed by atoms with van der Waals surface area (Å²) in [6, 6.07) is 20.6. The Bertz CT molecular complexity index is 1430. The van der Waals surface area contributed by atoms with Crippen LogP contribution in [0.15, 0.2) is 82.8 Å². The number of carbonyl (C=O) groups is 2. The molecule has 208 valence electrons. The van der Waals surface area contributed by atoms with Crippen LogP contribution in [0.1, 0.15) is 57.9 Å². The first-order valence-corrected chi connectivity index (χ1v) is 14.4. The number of benzene rings is 2. The van der Waals surface area contributed by atoms with Crippen molar-refractivity contribution in [1.29, 1.82) is 0 Å². The number of hydrogen-bond acceptors (Lipinski definition) is 6. The summed E-state index contributed by atoms with van der Waals surface area (Å²) in [5.41, 5.74) is 2.75. The highest BCUT2D eigenvalue weighted by Crippen LogP contribution is 2.34. The standard InChI is InChI=1S/C32H34N2O5S/c1-22(2)23-10-12-24(13-11-23)39-21-28-26-15-18-40-30(26)14-16-34(28)31(35)20-33(19-25-7-6-17-38-25)32(36)27-8-4-5-9-29(27)37-3/h4-13,15,17-18,22,28H,14,16,19-21H2,1-3H3/t28-/m1/s1. The van der Waals surface area contributed by atoms with E-state index in [2.05, 4.69) is 37.4 Å². The Morgan fingerprint density at radius 2 is 1.88 bits per heavy atom. The predicted molar refractivity (Wildman–Crippen MR) is 155 cm³/mol. The molecule has 0 saturated carbocycles. The minimum atomic E-state index is -0.298. The molecule has 1 aliphatic rings. The topological polar surface area (TPSA) is 72.2 Å². The van der Waals surface area contributed by atoms with E-state index in [1.165, 1.54) is 22.5 Å². The molecule has 2 aromatic heterocycles. The molecule has 0 saturated heterocycles. The van der Waals surface area contributed by atoms with Crippen LogP contribution in [0.3, 0.4) is 0 Å². The summed E-state index contributed by atoms with van der Waals surface area (Å²) >= 11 is 1.71. The van der Waals surface area contributed by atoms with Crippen molar-refractivity contribution in [2.45, 2.75) is 38.8 Å². The van der Waals surface area contributed by atoms with E-state index in [9.17, 15) is 9.59 Å². The lowest BCUT2D eigenvalue weighted by molar-refractivity contribution is -0.135. The highest BCUT2D eigenvalue weighted by atomic mass is 32.1. The molecule has 5 rings (SSSR count). The second-order valence-corrected chi connectivity index (χ2v) is 11.1. The van der Waals surface area contributed by atoms with Gasteiger partial charge in [-0.2, -0.15) is 0 Å². The van der Waals surface area contributed by atoms with Crippen LogP contribution < -0.4 is 9.47 Å². The van der Waals surface area contributed by atoms with E-state index in [1.54, 1.807) is 47.9 Å². The number of carbonyl (C=O) groups excluding carboxylic acids is 2. The largest absolute Gasteiger partial charge is 0.496 e. The third-order valence-corrected chi connectivity index (χ3v) is 8.24. The molecule has 0 bridgehead atoms. The van der Waals surface area contributed by atoms with Crippen molar-refractivity contribution in [3.05, 3.63) is 106 Å². The van der Waals surface area contributed by atoms with Gasteiger partial charge >= 0.3 is 0 Å². The van der Waals surface area contributed by atoms with Gasteiger partial charge in [0.2, 0.25) is 5.91 Å². The summed E-state index contributed by atoms with van der Waals surface area (Å²) in [4.78, 5) is 32.3. The van der Waals surface area contributed by atoms with Gasteiger partial charge in [-0.1, -0.05) is 38.1 Å². The van der Waals surface area contributed by atoms with Crippen molar-refractivity contribution in [3.8, 4) is 11.5 Å². The van der Waals surface area contributed by atoms with Crippen LogP contribution in [0.5, 0.6) is 11.5 Å². The SMILES string of the molecule is COc1ccccc1C(=O)N(CC(=O)N1CCc2sccc2[C@H]1COc1ccc(C(C)C)cc1)Cc1ccco1. The van der Waals surface area contributed by atoms with Crippen LogP contribution in [0, 0.1) is 0 Å². The second kappa shape index (κ2) is 12.4. The lowest BCUT2D eigenvalue weighted by Crippen LogP contribution is -2.47. The number of nitrogens with zero attached hydrogens (tertiary/aromatic N) is 2. The van der Waals surface area contributed by atoms with Crippen molar-refractivity contribution < 1.29 is 23.5 Å². The summed E-state index contributed by atoms with van der Waals surface area (Å²) in [6.07, 6.45) is 2.34. The molecular weight excluding hydrogens is 524 g/mol. The zero-order valence-electron chi connectivity index (χ0n) is 23.0. The van der Waals surface area contributed by atoms with Gasteiger partial charge in [0.05, 0.1) is 31.5 Å². The van der Waals surface area contributed by atoms with Crippen molar-refractivity contribution in [2.75, 3.05) is 26.8 Å². The van der Waals surface area contributed by atoms with Crippen LogP contribution >= 0.6 is 11.3 Å². The zero-order valence-corrected chi connectivity index (χ0v) is 23.9. The molecule has 0 aliphatic carbocycles. The maximum absolute atomic E-state index is 13.9. The summed E-state index contributed by atoms with van der Waals surface area (Å²) in [5, 5.41) is 2.07. The van der Waals surface area contributed by atoms with Gasteiger partial charge in [-0.05, 0) is 71.3 Å². The number of methoxy groups -OCH3 is 1. The number of para-hydroxylation sites is 1. The molecule has 4 aromatic rings. The van der Waals surface area contributed by atoms with E-state index in [4.69, 9.17) is 13.9 Å². The van der Waals surface area contributed by atoms with Crippen LogP contribution in [0.4, 0.5) is 0 Å². The molecule has 1 atom stereocenters. The van der Waals surface area contributed by atoms with Crippen molar-refractivity contribution in [1.82, 2.24) is 9.80 Å². The molecule has 7 nitrogen and oxygen atoms in total. The molecule has 8 heteroatoms. The Kier molecular flexibility index (Phi) is 8.55. The Balaban J connectivity index is 1.37. The lowest BCUT2D eigenvalue weighted by atomic mass is 10.00. The number of furan rings is 1. The van der Waals surface area contributed by atoms with Crippen LogP contribution in [-0.4, -0.2) is 48.4 Å². The fraction of sp³-hybridized carbons (Fsp3) is 0.312. The lowest BCUT2D eigenvalue weighted by Gasteiger charge is -2.37. The Hall–Kier alpha value is -4.04. The van der Waals surface area contributed by atoms with Crippen LogP contribution in [0.25, 0.3) is 0 Å². The minimum Gasteiger partial charge on any atom is -0.496 e. The van der Waals surface area contributed by atoms with Gasteiger partial charge in [0, 0.05) is 11.4 Å². The van der Waals surface area contributed by atoms with Crippen LogP contribution in [-0.2, 0) is 17.8 Å². The number of rotatable bonds is 10. The highest BCUT2D eigenvalue weighted by molar-refractivity contribution is 7.10. The van der Waals surface area contributed by atoms with E-state index in [1.807, 2.05) is 23.1 Å². The number of hydrogen-bond donors (Lipinski definition) is 0. The van der Waals surface area contributed by atoms with E-state index in [0.717, 1.165) is 17.7 Å². The first-order chi connectivity index (χ1) is 19.4. The molecule has 0 spiro atoms.